The van der Waals surface area contributed by atoms with Gasteiger partial charge >= 0.3 is 0 Å². The summed E-state index contributed by atoms with van der Waals surface area (Å²) in [6.07, 6.45) is 0. The number of benzene rings is 2. The van der Waals surface area contributed by atoms with Crippen LogP contribution in [0.1, 0.15) is 18.1 Å². The van der Waals surface area contributed by atoms with Gasteiger partial charge in [0.1, 0.15) is 0 Å². The molecule has 1 N–H and O–H groups in total. The fourth-order valence-electron chi connectivity index (χ4n) is 3.14. The topological polar surface area (TPSA) is 18.5 Å². The van der Waals surface area contributed by atoms with E-state index in [0.29, 0.717) is 6.04 Å². The first-order valence-electron chi connectivity index (χ1n) is 8.59. The number of piperazine rings is 1. The molecule has 2 aromatic rings. The van der Waals surface area contributed by atoms with Crippen molar-refractivity contribution in [3.63, 3.8) is 0 Å². The maximum atomic E-state index is 6.20. The molecule has 0 aromatic heterocycles. The van der Waals surface area contributed by atoms with E-state index in [1.165, 1.54) is 11.3 Å². The minimum Gasteiger partial charge on any atom is -0.365 e. The monoisotopic (exact) mass is 373 g/mol. The third-order valence-electron chi connectivity index (χ3n) is 4.70. The molecule has 132 valence electrons. The Labute approximate surface area is 160 Å². The maximum absolute atomic E-state index is 6.20. The Hall–Kier alpha value is -1.78. The molecule has 1 fully saturated rings. The Morgan fingerprint density at radius 3 is 2.48 bits per heavy atom. The van der Waals surface area contributed by atoms with Crippen LogP contribution in [0.25, 0.3) is 0 Å². The Kier molecular flexibility index (Phi) is 5.50. The summed E-state index contributed by atoms with van der Waals surface area (Å²) in [6.45, 7) is 9.13. The molecule has 0 amide bonds. The van der Waals surface area contributed by atoms with E-state index in [-0.39, 0.29) is 0 Å². The first kappa shape index (κ1) is 18.0. The molecule has 0 spiro atoms. The molecule has 0 saturated carbocycles. The lowest BCUT2D eigenvalue weighted by Crippen LogP contribution is -2.54. The summed E-state index contributed by atoms with van der Waals surface area (Å²) in [7, 11) is 0. The van der Waals surface area contributed by atoms with Crippen molar-refractivity contribution in [2.75, 3.05) is 29.9 Å². The lowest BCUT2D eigenvalue weighted by atomic mass is 10.1. The molecule has 25 heavy (non-hydrogen) atoms. The summed E-state index contributed by atoms with van der Waals surface area (Å²) in [5.41, 5.74) is 4.58. The van der Waals surface area contributed by atoms with Crippen LogP contribution < -0.4 is 10.2 Å². The van der Waals surface area contributed by atoms with E-state index in [0.717, 1.165) is 41.0 Å². The van der Waals surface area contributed by atoms with E-state index in [1.54, 1.807) is 0 Å². The number of hydrogen-bond donors (Lipinski definition) is 1. The normalized spacial score (nSPS) is 17.5. The minimum absolute atomic E-state index is 0.401. The van der Waals surface area contributed by atoms with Crippen molar-refractivity contribution >= 4 is 40.3 Å². The van der Waals surface area contributed by atoms with Gasteiger partial charge in [0, 0.05) is 42.1 Å². The highest BCUT2D eigenvalue weighted by molar-refractivity contribution is 7.80. The predicted octanol–water partition coefficient (Wildman–Crippen LogP) is 4.86. The second kappa shape index (κ2) is 7.63. The third kappa shape index (κ3) is 4.25. The summed E-state index contributed by atoms with van der Waals surface area (Å²) in [4.78, 5) is 4.68. The van der Waals surface area contributed by atoms with Gasteiger partial charge in [-0.1, -0.05) is 35.4 Å². The molecule has 0 radical (unpaired) electrons. The molecule has 3 nitrogen and oxygen atoms in total. The summed E-state index contributed by atoms with van der Waals surface area (Å²) >= 11 is 11.8. The van der Waals surface area contributed by atoms with Crippen LogP contribution in [-0.4, -0.2) is 35.7 Å². The first-order valence-corrected chi connectivity index (χ1v) is 9.38. The van der Waals surface area contributed by atoms with Gasteiger partial charge in [-0.2, -0.15) is 0 Å². The van der Waals surface area contributed by atoms with E-state index < -0.39 is 0 Å². The summed E-state index contributed by atoms with van der Waals surface area (Å²) in [5, 5.41) is 4.83. The Morgan fingerprint density at radius 1 is 1.12 bits per heavy atom. The van der Waals surface area contributed by atoms with E-state index in [2.05, 4.69) is 53.2 Å². The first-order chi connectivity index (χ1) is 11.9. The van der Waals surface area contributed by atoms with Gasteiger partial charge in [-0.05, 0) is 62.8 Å². The molecule has 2 aromatic carbocycles. The fraction of sp³-hybridized carbons (Fsp3) is 0.350. The van der Waals surface area contributed by atoms with E-state index in [4.69, 9.17) is 23.8 Å². The Bertz CT molecular complexity index is 760. The highest BCUT2D eigenvalue weighted by atomic mass is 35.5. The van der Waals surface area contributed by atoms with Gasteiger partial charge in [0.2, 0.25) is 0 Å². The van der Waals surface area contributed by atoms with Crippen molar-refractivity contribution in [3.05, 3.63) is 58.6 Å². The van der Waals surface area contributed by atoms with Crippen molar-refractivity contribution in [2.24, 2.45) is 0 Å². The molecule has 0 bridgehead atoms. The number of thiocarbonyl (C=S) groups is 1. The average Bonchev–Trinajstić information content (AvgIpc) is 2.59. The van der Waals surface area contributed by atoms with Crippen molar-refractivity contribution in [2.45, 2.75) is 26.8 Å². The molecule has 1 unspecified atom stereocenters. The van der Waals surface area contributed by atoms with Crippen LogP contribution in [0.3, 0.4) is 0 Å². The zero-order valence-corrected chi connectivity index (χ0v) is 16.5. The Balaban J connectivity index is 1.62. The molecule has 3 rings (SSSR count). The number of halogens is 1. The minimum atomic E-state index is 0.401. The van der Waals surface area contributed by atoms with Crippen LogP contribution >= 0.6 is 23.8 Å². The molecular weight excluding hydrogens is 350 g/mol. The summed E-state index contributed by atoms with van der Waals surface area (Å²) < 4.78 is 0. The van der Waals surface area contributed by atoms with Gasteiger partial charge in [-0.25, -0.2) is 0 Å². The predicted molar refractivity (Wildman–Crippen MR) is 112 cm³/mol. The molecule has 1 aliphatic heterocycles. The highest BCUT2D eigenvalue weighted by Gasteiger charge is 2.25. The molecule has 1 saturated heterocycles. The second-order valence-electron chi connectivity index (χ2n) is 6.72. The number of nitrogens with one attached hydrogen (secondary N) is 1. The molecule has 0 aliphatic carbocycles. The lowest BCUT2D eigenvalue weighted by Gasteiger charge is -2.42. The zero-order valence-electron chi connectivity index (χ0n) is 14.9. The van der Waals surface area contributed by atoms with E-state index >= 15 is 0 Å². The van der Waals surface area contributed by atoms with Crippen LogP contribution in [0.5, 0.6) is 0 Å². The van der Waals surface area contributed by atoms with Crippen LogP contribution in [0, 0.1) is 13.8 Å². The smallest absolute Gasteiger partial charge is 0.173 e. The molecule has 1 atom stereocenters. The lowest BCUT2D eigenvalue weighted by molar-refractivity contribution is 0.342. The highest BCUT2D eigenvalue weighted by Crippen LogP contribution is 2.23. The van der Waals surface area contributed by atoms with Gasteiger partial charge in [0.15, 0.2) is 5.11 Å². The van der Waals surface area contributed by atoms with Gasteiger partial charge < -0.3 is 15.1 Å². The number of aryl methyl sites for hydroxylation is 2. The van der Waals surface area contributed by atoms with Gasteiger partial charge in [-0.3, -0.25) is 0 Å². The van der Waals surface area contributed by atoms with Gasteiger partial charge in [0.25, 0.3) is 0 Å². The maximum Gasteiger partial charge on any atom is 0.173 e. The van der Waals surface area contributed by atoms with Crippen molar-refractivity contribution in [1.29, 1.82) is 0 Å². The SMILES string of the molecule is Cc1ccc(N2CCN(C(=S)Nc3ccc(C)c(Cl)c3)CC2C)cc1. The van der Waals surface area contributed by atoms with Crippen LogP contribution in [0.4, 0.5) is 11.4 Å². The summed E-state index contributed by atoms with van der Waals surface area (Å²) in [6, 6.07) is 15.1. The zero-order chi connectivity index (χ0) is 18.0. The largest absolute Gasteiger partial charge is 0.365 e. The Morgan fingerprint density at radius 2 is 1.84 bits per heavy atom. The van der Waals surface area contributed by atoms with Crippen LogP contribution in [0.15, 0.2) is 42.5 Å². The number of rotatable bonds is 2. The van der Waals surface area contributed by atoms with Gasteiger partial charge in [0.05, 0.1) is 0 Å². The van der Waals surface area contributed by atoms with Crippen LogP contribution in [-0.2, 0) is 0 Å². The quantitative estimate of drug-likeness (QED) is 0.757. The van der Waals surface area contributed by atoms with E-state index in [1.807, 2.05) is 25.1 Å². The molecule has 1 heterocycles. The van der Waals surface area contributed by atoms with Crippen molar-refractivity contribution in [1.82, 2.24) is 4.90 Å². The number of anilines is 2. The third-order valence-corrected chi connectivity index (χ3v) is 5.47. The average molecular weight is 374 g/mol. The second-order valence-corrected chi connectivity index (χ2v) is 7.51. The van der Waals surface area contributed by atoms with Crippen LogP contribution in [0.2, 0.25) is 5.02 Å². The fourth-order valence-corrected chi connectivity index (χ4v) is 3.60. The molecule has 1 aliphatic rings. The molecular formula is C20H24ClN3S. The van der Waals surface area contributed by atoms with E-state index in [9.17, 15) is 0 Å². The standard InChI is InChI=1S/C20H24ClN3S/c1-14-4-8-18(9-5-14)24-11-10-23(13-16(24)3)20(25)22-17-7-6-15(2)19(21)12-17/h4-9,12,16H,10-11,13H2,1-3H3,(H,22,25). The van der Waals surface area contributed by atoms with Crippen molar-refractivity contribution < 1.29 is 0 Å². The number of nitrogens with zero attached hydrogens (tertiary/aromatic N) is 2. The molecule has 5 heteroatoms. The van der Waals surface area contributed by atoms with Gasteiger partial charge in [-0.15, -0.1) is 0 Å². The van der Waals surface area contributed by atoms with Crippen molar-refractivity contribution in [3.8, 4) is 0 Å². The number of hydrogen-bond acceptors (Lipinski definition) is 2. The summed E-state index contributed by atoms with van der Waals surface area (Å²) in [5.74, 6) is 0.